The van der Waals surface area contributed by atoms with Crippen LogP contribution in [0.1, 0.15) is 341 Å². The van der Waals surface area contributed by atoms with Crippen molar-refractivity contribution in [3.05, 3.63) is 0 Å². The zero-order valence-corrected chi connectivity index (χ0v) is 56.6. The van der Waals surface area contributed by atoms with Crippen molar-refractivity contribution in [1.82, 2.24) is 0 Å². The summed E-state index contributed by atoms with van der Waals surface area (Å²) in [6, 6.07) is 0. The lowest BCUT2D eigenvalue weighted by Crippen LogP contribution is -2.26. The number of halogens is 2. The van der Waals surface area contributed by atoms with Crippen LogP contribution in [0.3, 0.4) is 0 Å². The van der Waals surface area contributed by atoms with E-state index in [-0.39, 0.29) is 0 Å². The van der Waals surface area contributed by atoms with E-state index in [9.17, 15) is 8.78 Å². The van der Waals surface area contributed by atoms with E-state index in [4.69, 9.17) is 0 Å². The Hall–Kier alpha value is -0.140. The summed E-state index contributed by atoms with van der Waals surface area (Å²) >= 11 is 0. The quantitative estimate of drug-likeness (QED) is 0.227. The molecule has 3 aliphatic rings. The van der Waals surface area contributed by atoms with E-state index in [2.05, 4.69) is 249 Å². The molecule has 428 valence electrons. The van der Waals surface area contributed by atoms with Crippen LogP contribution in [0.2, 0.25) is 0 Å². The molecule has 0 aliphatic heterocycles. The van der Waals surface area contributed by atoms with E-state index >= 15 is 0 Å². The first-order valence-corrected chi connectivity index (χ1v) is 29.0. The molecule has 3 fully saturated rings. The Morgan fingerprint density at radius 1 is 0.333 bits per heavy atom. The lowest BCUT2D eigenvalue weighted by molar-refractivity contribution is 0.0324. The second kappa shape index (κ2) is 35.9. The van der Waals surface area contributed by atoms with Crippen molar-refractivity contribution in [3.63, 3.8) is 0 Å². The summed E-state index contributed by atoms with van der Waals surface area (Å²) < 4.78 is 23.1. The zero-order valence-electron chi connectivity index (χ0n) is 56.6. The van der Waals surface area contributed by atoms with E-state index in [1.165, 1.54) is 91.4 Å². The second-order valence-corrected chi connectivity index (χ2v) is 34.2. The van der Waals surface area contributed by atoms with Crippen molar-refractivity contribution in [3.8, 4) is 0 Å². The van der Waals surface area contributed by atoms with Crippen molar-refractivity contribution in [2.75, 3.05) is 0 Å². The lowest BCUT2D eigenvalue weighted by atomic mass is 9.69. The molecule has 0 amide bonds. The van der Waals surface area contributed by atoms with Crippen molar-refractivity contribution < 1.29 is 8.78 Å². The summed E-state index contributed by atoms with van der Waals surface area (Å²) in [6.45, 7) is 86.1. The van der Waals surface area contributed by atoms with E-state index in [1.807, 2.05) is 0 Å². The van der Waals surface area contributed by atoms with Crippen molar-refractivity contribution >= 4 is 0 Å². The van der Waals surface area contributed by atoms with Gasteiger partial charge in [0.25, 0.3) is 0 Å². The molecule has 0 radical (unpaired) electrons. The monoisotopic (exact) mass is 989 g/mol. The van der Waals surface area contributed by atoms with Gasteiger partial charge in [0.05, 0.1) is 0 Å². The minimum Gasteiger partial charge on any atom is -0.210 e. The van der Waals surface area contributed by atoms with Crippen molar-refractivity contribution in [1.29, 1.82) is 0 Å². The highest BCUT2D eigenvalue weighted by Gasteiger charge is 2.33. The number of alkyl halides is 2. The van der Waals surface area contributed by atoms with Crippen LogP contribution in [0.15, 0.2) is 0 Å². The third-order valence-electron chi connectivity index (χ3n) is 14.4. The Bertz CT molecular complexity index is 1010. The Morgan fingerprint density at radius 2 is 0.493 bits per heavy atom. The van der Waals surface area contributed by atoms with Gasteiger partial charge >= 0.3 is 0 Å². The average molecular weight is 990 g/mol. The van der Waals surface area contributed by atoms with Crippen LogP contribution < -0.4 is 0 Å². The molecule has 0 aromatic carbocycles. The van der Waals surface area contributed by atoms with Crippen LogP contribution in [0.5, 0.6) is 0 Å². The Kier molecular flexibility index (Phi) is 43.2. The Labute approximate surface area is 443 Å². The number of hydrogen-bond acceptors (Lipinski definition) is 0. The summed E-state index contributed by atoms with van der Waals surface area (Å²) in [4.78, 5) is 0. The SMILES string of the molecule is CC(C)(C)C.CC(C)(C)C(C)(C)C.CC(C)(C)C(F)F.CC(C)(C)C1CC1.CC(C)(C)C1CCC1.CC(C)(C)C1CCCCC1.CC(C)C.CC(C)C(C)(C)C.CC(C)C(C)(C)C.CCC(C)(C)C. The van der Waals surface area contributed by atoms with Gasteiger partial charge in [-0.15, -0.1) is 0 Å². The Balaban J connectivity index is -0.000000125. The van der Waals surface area contributed by atoms with Gasteiger partial charge in [-0.25, -0.2) is 8.78 Å². The molecule has 0 heterocycles. The maximum absolute atomic E-state index is 11.5. The predicted molar refractivity (Wildman–Crippen MR) is 323 cm³/mol. The fraction of sp³-hybridized carbons (Fsp3) is 1.00. The highest BCUT2D eigenvalue weighted by atomic mass is 19.3. The summed E-state index contributed by atoms with van der Waals surface area (Å²) in [7, 11) is 0. The maximum Gasteiger partial charge on any atom is 0.243 e. The van der Waals surface area contributed by atoms with Gasteiger partial charge in [-0.05, 0) is 123 Å². The molecule has 3 rings (SSSR count). The zero-order chi connectivity index (χ0) is 57.8. The van der Waals surface area contributed by atoms with E-state index in [0.717, 1.165) is 35.5 Å². The summed E-state index contributed by atoms with van der Waals surface area (Å²) in [5, 5.41) is 0. The standard InChI is InChI=1S/C10H20.C8H16.C8H18.C7H14.2C7H16.C6H14.C5H10F2.C5H12.C4H10/c1-10(2,3)9-7-5-4-6-8-9;1-8(2,3)7-5-4-6-7;1-7(2,3)8(4,5)6;1-7(2,3)6-4-5-6;2*1-6(2)7(3,4)5;1-5-6(2,3)4;1-5(2,3)4(6)7;1-5(2,3)4;1-4(2)3/h9H,4-8H2,1-3H3;7H,4-6H2,1-3H3;1-6H3;6H,4-5H2,1-3H3;2*6H,1-5H3;5H2,1-4H3;4H,1-3H3;1-4H3;4H,1-3H3. The third kappa shape index (κ3) is 70.0. The van der Waals surface area contributed by atoms with E-state index < -0.39 is 11.8 Å². The smallest absolute Gasteiger partial charge is 0.210 e. The van der Waals surface area contributed by atoms with E-state index in [0.29, 0.717) is 48.7 Å². The molecule has 0 aromatic heterocycles. The van der Waals surface area contributed by atoms with Gasteiger partial charge in [0, 0.05) is 5.41 Å². The molecule has 0 nitrogen and oxygen atoms in total. The highest BCUT2D eigenvalue weighted by molar-refractivity contribution is 4.84. The van der Waals surface area contributed by atoms with Crippen LogP contribution in [-0.2, 0) is 0 Å². The van der Waals surface area contributed by atoms with Crippen LogP contribution in [-0.4, -0.2) is 6.43 Å². The summed E-state index contributed by atoms with van der Waals surface area (Å²) in [5.74, 6) is 5.51. The van der Waals surface area contributed by atoms with Gasteiger partial charge in [-0.1, -0.05) is 302 Å². The molecule has 2 heteroatoms. The van der Waals surface area contributed by atoms with Crippen LogP contribution in [0.25, 0.3) is 0 Å². The highest BCUT2D eigenvalue weighted by Crippen LogP contribution is 2.44. The van der Waals surface area contributed by atoms with Gasteiger partial charge in [-0.3, -0.25) is 0 Å². The van der Waals surface area contributed by atoms with E-state index in [1.54, 1.807) is 0 Å². The topological polar surface area (TPSA) is 0 Å². The molecule has 69 heavy (non-hydrogen) atoms. The van der Waals surface area contributed by atoms with Crippen LogP contribution in [0.4, 0.5) is 8.78 Å². The molecule has 0 saturated heterocycles. The minimum atomic E-state index is -2.20. The molecule has 0 N–H and O–H groups in total. The molecule has 3 aliphatic carbocycles. The molecule has 0 unspecified atom stereocenters. The second-order valence-electron chi connectivity index (χ2n) is 34.2. The normalized spacial score (nSPS) is 16.3. The molecule has 0 spiro atoms. The van der Waals surface area contributed by atoms with Gasteiger partial charge < -0.3 is 0 Å². The van der Waals surface area contributed by atoms with Gasteiger partial charge in [0.1, 0.15) is 0 Å². The first kappa shape index (κ1) is 82.9. The maximum atomic E-state index is 11.5. The largest absolute Gasteiger partial charge is 0.243 e. The number of rotatable bonds is 0. The predicted octanol–water partition coefficient (Wildman–Crippen LogP) is 25.8. The Morgan fingerprint density at radius 3 is 0.536 bits per heavy atom. The molecular weight excluding hydrogens is 843 g/mol. The molecule has 0 aromatic rings. The van der Waals surface area contributed by atoms with Gasteiger partial charge in [-0.2, -0.15) is 0 Å². The lowest BCUT2D eigenvalue weighted by Gasteiger charge is -2.37. The fourth-order valence-electron chi connectivity index (χ4n) is 4.19. The summed E-state index contributed by atoms with van der Waals surface area (Å²) in [6.07, 6.45) is 13.8. The van der Waals surface area contributed by atoms with Crippen molar-refractivity contribution in [2.24, 2.45) is 89.7 Å². The van der Waals surface area contributed by atoms with Gasteiger partial charge in [0.15, 0.2) is 0 Å². The molecule has 3 saturated carbocycles. The van der Waals surface area contributed by atoms with Crippen LogP contribution >= 0.6 is 0 Å². The fourth-order valence-corrected chi connectivity index (χ4v) is 4.19. The van der Waals surface area contributed by atoms with Crippen molar-refractivity contribution in [2.45, 2.75) is 347 Å². The first-order valence-electron chi connectivity index (χ1n) is 29.0. The minimum absolute atomic E-state index is 0.437. The first-order chi connectivity index (χ1) is 29.7. The third-order valence-corrected chi connectivity index (χ3v) is 14.4. The molecule has 0 atom stereocenters. The molecule has 0 bridgehead atoms. The summed E-state index contributed by atoms with van der Waals surface area (Å²) in [5.41, 5.74) is 3.86. The molecular formula is C67H146F2. The van der Waals surface area contributed by atoms with Crippen LogP contribution in [0, 0.1) is 89.7 Å². The average Bonchev–Trinajstić information content (AvgIpc) is 3.88. The van der Waals surface area contributed by atoms with Gasteiger partial charge in [0.2, 0.25) is 6.43 Å². The number of hydrogen-bond donors (Lipinski definition) is 0.